The second kappa shape index (κ2) is 8.34. The predicted molar refractivity (Wildman–Crippen MR) is 92.8 cm³/mol. The Morgan fingerprint density at radius 2 is 1.83 bits per heavy atom. The lowest BCUT2D eigenvalue weighted by molar-refractivity contribution is -0.146. The van der Waals surface area contributed by atoms with Gasteiger partial charge in [-0.25, -0.2) is 4.79 Å². The minimum atomic E-state index is -0.660. The van der Waals surface area contributed by atoms with Crippen molar-refractivity contribution in [1.82, 2.24) is 5.32 Å². The van der Waals surface area contributed by atoms with Gasteiger partial charge in [0.1, 0.15) is 11.8 Å². The summed E-state index contributed by atoms with van der Waals surface area (Å²) in [6.07, 6.45) is 0.756. The zero-order chi connectivity index (χ0) is 17.5. The van der Waals surface area contributed by atoms with Crippen molar-refractivity contribution in [3.05, 3.63) is 42.5 Å². The predicted octanol–water partition coefficient (Wildman–Crippen LogP) is 2.92. The van der Waals surface area contributed by atoms with Gasteiger partial charge in [-0.1, -0.05) is 50.6 Å². The molecule has 0 saturated heterocycles. The molecule has 0 heterocycles. The monoisotopic (exact) mass is 329 g/mol. The Labute approximate surface area is 141 Å². The summed E-state index contributed by atoms with van der Waals surface area (Å²) in [4.78, 5) is 23.9. The van der Waals surface area contributed by atoms with E-state index in [0.29, 0.717) is 5.75 Å². The fraction of sp³-hybridized carbons (Fsp3) is 0.368. The Hall–Kier alpha value is -2.56. The van der Waals surface area contributed by atoms with Gasteiger partial charge in [0.25, 0.3) is 5.91 Å². The number of hydrogen-bond donors (Lipinski definition) is 1. The molecule has 0 aliphatic heterocycles. The van der Waals surface area contributed by atoms with E-state index in [4.69, 9.17) is 9.47 Å². The molecule has 0 spiro atoms. The second-order valence-corrected chi connectivity index (χ2v) is 5.75. The van der Waals surface area contributed by atoms with Crippen LogP contribution < -0.4 is 10.1 Å². The van der Waals surface area contributed by atoms with Crippen molar-refractivity contribution in [3.8, 4) is 5.75 Å². The smallest absolute Gasteiger partial charge is 0.328 e. The van der Waals surface area contributed by atoms with Crippen LogP contribution in [-0.4, -0.2) is 31.6 Å². The zero-order valence-corrected chi connectivity index (χ0v) is 14.2. The highest BCUT2D eigenvalue weighted by Crippen LogP contribution is 2.20. The summed E-state index contributed by atoms with van der Waals surface area (Å²) < 4.78 is 10.3. The van der Waals surface area contributed by atoms with E-state index in [-0.39, 0.29) is 18.4 Å². The van der Waals surface area contributed by atoms with E-state index in [1.165, 1.54) is 7.11 Å². The number of ether oxygens (including phenoxy) is 2. The first-order chi connectivity index (χ1) is 11.5. The maximum Gasteiger partial charge on any atom is 0.328 e. The summed E-state index contributed by atoms with van der Waals surface area (Å²) in [6, 6.07) is 12.9. The number of methoxy groups -OCH3 is 1. The van der Waals surface area contributed by atoms with Gasteiger partial charge in [-0.3, -0.25) is 4.79 Å². The first-order valence-electron chi connectivity index (χ1n) is 8.04. The van der Waals surface area contributed by atoms with Crippen LogP contribution in [0.1, 0.15) is 20.3 Å². The number of esters is 1. The summed E-state index contributed by atoms with van der Waals surface area (Å²) in [7, 11) is 1.31. The van der Waals surface area contributed by atoms with Gasteiger partial charge in [-0.2, -0.15) is 0 Å². The van der Waals surface area contributed by atoms with E-state index in [9.17, 15) is 9.59 Å². The highest BCUT2D eigenvalue weighted by atomic mass is 16.5. The lowest BCUT2D eigenvalue weighted by Crippen LogP contribution is -2.47. The Bertz CT molecular complexity index is 713. The maximum absolute atomic E-state index is 12.1. The van der Waals surface area contributed by atoms with Crippen molar-refractivity contribution in [1.29, 1.82) is 0 Å². The third kappa shape index (κ3) is 4.47. The molecule has 2 aromatic rings. The van der Waals surface area contributed by atoms with Crippen molar-refractivity contribution >= 4 is 22.6 Å². The van der Waals surface area contributed by atoms with Crippen LogP contribution in [0, 0.1) is 5.92 Å². The topological polar surface area (TPSA) is 64.6 Å². The molecule has 1 amide bonds. The van der Waals surface area contributed by atoms with Crippen LogP contribution >= 0.6 is 0 Å². The number of nitrogens with one attached hydrogen (secondary N) is 1. The Kier molecular flexibility index (Phi) is 6.18. The molecule has 5 heteroatoms. The molecular weight excluding hydrogens is 306 g/mol. The standard InChI is InChI=1S/C19H23NO4/c1-4-13(2)18(19(22)23-3)20-17(21)12-24-16-10-9-14-7-5-6-8-15(14)11-16/h5-11,13,18H,4,12H2,1-3H3,(H,20,21). The molecule has 0 bridgehead atoms. The normalized spacial score (nSPS) is 13.1. The van der Waals surface area contributed by atoms with Crippen molar-refractivity contribution in [2.45, 2.75) is 26.3 Å². The molecule has 5 nitrogen and oxygen atoms in total. The summed E-state index contributed by atoms with van der Waals surface area (Å²) in [5.41, 5.74) is 0. The van der Waals surface area contributed by atoms with Gasteiger partial charge in [0.15, 0.2) is 6.61 Å². The first-order valence-corrected chi connectivity index (χ1v) is 8.04. The first kappa shape index (κ1) is 17.8. The molecule has 2 aromatic carbocycles. The maximum atomic E-state index is 12.1. The van der Waals surface area contributed by atoms with Crippen LogP contribution in [-0.2, 0) is 14.3 Å². The lowest BCUT2D eigenvalue weighted by Gasteiger charge is -2.21. The van der Waals surface area contributed by atoms with Gasteiger partial charge in [0.05, 0.1) is 7.11 Å². The Morgan fingerprint density at radius 3 is 2.50 bits per heavy atom. The van der Waals surface area contributed by atoms with Gasteiger partial charge in [-0.05, 0) is 28.8 Å². The average Bonchev–Trinajstić information content (AvgIpc) is 2.62. The summed E-state index contributed by atoms with van der Waals surface area (Å²) in [5.74, 6) is -0.189. The number of carbonyl (C=O) groups is 2. The third-order valence-corrected chi connectivity index (χ3v) is 4.08. The molecule has 1 N–H and O–H groups in total. The SMILES string of the molecule is CCC(C)C(NC(=O)COc1ccc2ccccc2c1)C(=O)OC. The van der Waals surface area contributed by atoms with Crippen LogP contribution in [0.5, 0.6) is 5.75 Å². The van der Waals surface area contributed by atoms with Crippen LogP contribution in [0.25, 0.3) is 10.8 Å². The fourth-order valence-electron chi connectivity index (χ4n) is 2.42. The van der Waals surface area contributed by atoms with Gasteiger partial charge >= 0.3 is 5.97 Å². The van der Waals surface area contributed by atoms with E-state index in [1.54, 1.807) is 0 Å². The van der Waals surface area contributed by atoms with E-state index < -0.39 is 12.0 Å². The molecule has 2 atom stereocenters. The van der Waals surface area contributed by atoms with E-state index in [2.05, 4.69) is 5.32 Å². The number of rotatable bonds is 7. The summed E-state index contributed by atoms with van der Waals surface area (Å²) >= 11 is 0. The molecule has 0 saturated carbocycles. The molecule has 2 rings (SSSR count). The van der Waals surface area contributed by atoms with Crippen LogP contribution in [0.3, 0.4) is 0 Å². The van der Waals surface area contributed by atoms with Crippen molar-refractivity contribution < 1.29 is 19.1 Å². The largest absolute Gasteiger partial charge is 0.484 e. The number of hydrogen-bond acceptors (Lipinski definition) is 4. The summed E-state index contributed by atoms with van der Waals surface area (Å²) in [6.45, 7) is 3.70. The Morgan fingerprint density at radius 1 is 1.12 bits per heavy atom. The third-order valence-electron chi connectivity index (χ3n) is 4.08. The molecule has 0 fully saturated rings. The van der Waals surface area contributed by atoms with Crippen LogP contribution in [0.15, 0.2) is 42.5 Å². The molecule has 128 valence electrons. The van der Waals surface area contributed by atoms with Crippen LogP contribution in [0.4, 0.5) is 0 Å². The van der Waals surface area contributed by atoms with Gasteiger partial charge in [-0.15, -0.1) is 0 Å². The zero-order valence-electron chi connectivity index (χ0n) is 14.2. The fourth-order valence-corrected chi connectivity index (χ4v) is 2.42. The number of fused-ring (bicyclic) bond motifs is 1. The number of benzene rings is 2. The Balaban J connectivity index is 1.96. The van der Waals surface area contributed by atoms with Crippen LogP contribution in [0.2, 0.25) is 0 Å². The molecule has 0 radical (unpaired) electrons. The minimum Gasteiger partial charge on any atom is -0.484 e. The van der Waals surface area contributed by atoms with Gasteiger partial charge < -0.3 is 14.8 Å². The van der Waals surface area contributed by atoms with E-state index in [1.807, 2.05) is 56.3 Å². The van der Waals surface area contributed by atoms with E-state index in [0.717, 1.165) is 17.2 Å². The molecular formula is C19H23NO4. The molecule has 0 aliphatic rings. The average molecular weight is 329 g/mol. The quantitative estimate of drug-likeness (QED) is 0.793. The lowest BCUT2D eigenvalue weighted by atomic mass is 9.99. The van der Waals surface area contributed by atoms with Gasteiger partial charge in [0.2, 0.25) is 0 Å². The molecule has 0 aromatic heterocycles. The van der Waals surface area contributed by atoms with Crippen molar-refractivity contribution in [3.63, 3.8) is 0 Å². The summed E-state index contributed by atoms with van der Waals surface area (Å²) in [5, 5.41) is 4.84. The van der Waals surface area contributed by atoms with Crippen molar-refractivity contribution in [2.75, 3.05) is 13.7 Å². The molecule has 2 unspecified atom stereocenters. The minimum absolute atomic E-state index is 0.0120. The number of amides is 1. The number of carbonyl (C=O) groups excluding carboxylic acids is 2. The van der Waals surface area contributed by atoms with E-state index >= 15 is 0 Å². The highest BCUT2D eigenvalue weighted by molar-refractivity contribution is 5.86. The molecule has 0 aliphatic carbocycles. The second-order valence-electron chi connectivity index (χ2n) is 5.75. The van der Waals surface area contributed by atoms with Gasteiger partial charge in [0, 0.05) is 0 Å². The highest BCUT2D eigenvalue weighted by Gasteiger charge is 2.26. The molecule has 24 heavy (non-hydrogen) atoms. The van der Waals surface area contributed by atoms with Crippen molar-refractivity contribution in [2.24, 2.45) is 5.92 Å².